The number of H-pyrrole nitrogens is 1. The highest BCUT2D eigenvalue weighted by Gasteiger charge is 2.27. The van der Waals surface area contributed by atoms with Gasteiger partial charge < -0.3 is 19.4 Å². The third-order valence-corrected chi connectivity index (χ3v) is 5.16. The molecular weight excluding hydrogens is 335 g/mol. The minimum absolute atomic E-state index is 0.0809. The molecule has 3 aromatic rings. The van der Waals surface area contributed by atoms with E-state index >= 15 is 0 Å². The minimum atomic E-state index is -0.345. The first-order valence-corrected chi connectivity index (χ1v) is 8.58. The fourth-order valence-electron chi connectivity index (χ4n) is 3.85. The molecule has 0 saturated heterocycles. The molecule has 0 unspecified atom stereocenters. The molecule has 0 atom stereocenters. The number of halogens is 1. The molecule has 1 amide bonds. The van der Waals surface area contributed by atoms with Crippen molar-refractivity contribution in [1.82, 2.24) is 9.88 Å². The Bertz CT molecular complexity index is 1060. The van der Waals surface area contributed by atoms with Crippen LogP contribution in [0.25, 0.3) is 10.9 Å². The summed E-state index contributed by atoms with van der Waals surface area (Å²) in [5, 5.41) is 0.629. The number of nitrogens with one attached hydrogen (secondary N) is 1. The molecule has 0 spiro atoms. The lowest BCUT2D eigenvalue weighted by molar-refractivity contribution is 0.0736. The Labute approximate surface area is 149 Å². The van der Waals surface area contributed by atoms with Crippen molar-refractivity contribution in [3.63, 3.8) is 0 Å². The van der Waals surface area contributed by atoms with Gasteiger partial charge in [0.1, 0.15) is 5.82 Å². The molecule has 2 aliphatic heterocycles. The Hall–Kier alpha value is -3.02. The van der Waals surface area contributed by atoms with E-state index in [1.807, 2.05) is 24.0 Å². The summed E-state index contributed by atoms with van der Waals surface area (Å²) in [6.07, 6.45) is 0.757. The molecule has 1 N–H and O–H groups in total. The number of aryl methyl sites for hydroxylation is 1. The van der Waals surface area contributed by atoms with E-state index in [1.54, 1.807) is 6.07 Å². The first-order chi connectivity index (χ1) is 12.6. The fraction of sp³-hybridized carbons (Fsp3) is 0.250. The van der Waals surface area contributed by atoms with Gasteiger partial charge in [-0.05, 0) is 54.8 Å². The van der Waals surface area contributed by atoms with E-state index in [0.29, 0.717) is 24.0 Å². The Kier molecular flexibility index (Phi) is 3.22. The summed E-state index contributed by atoms with van der Waals surface area (Å²) < 4.78 is 24.6. The summed E-state index contributed by atoms with van der Waals surface area (Å²) >= 11 is 0. The summed E-state index contributed by atoms with van der Waals surface area (Å²) in [5.74, 6) is 1.07. The third-order valence-electron chi connectivity index (χ3n) is 5.16. The fourth-order valence-corrected chi connectivity index (χ4v) is 3.85. The molecule has 5 rings (SSSR count). The SMILES string of the molecule is Cc1[nH]c2ccc(F)cc2c1C(=O)N1CCc2cc3c(cc2C1)OCO3. The predicted molar refractivity (Wildman–Crippen MR) is 94.0 cm³/mol. The maximum atomic E-state index is 13.7. The van der Waals surface area contributed by atoms with E-state index in [2.05, 4.69) is 4.98 Å². The van der Waals surface area contributed by atoms with Crippen molar-refractivity contribution in [3.8, 4) is 11.5 Å². The molecule has 6 heteroatoms. The van der Waals surface area contributed by atoms with Gasteiger partial charge in [-0.3, -0.25) is 4.79 Å². The Morgan fingerprint density at radius 3 is 2.73 bits per heavy atom. The van der Waals surface area contributed by atoms with E-state index in [0.717, 1.165) is 34.7 Å². The maximum Gasteiger partial charge on any atom is 0.256 e. The monoisotopic (exact) mass is 352 g/mol. The average Bonchev–Trinajstić information content (AvgIpc) is 3.21. The highest BCUT2D eigenvalue weighted by molar-refractivity contribution is 6.08. The van der Waals surface area contributed by atoms with Crippen LogP contribution in [0.4, 0.5) is 4.39 Å². The zero-order chi connectivity index (χ0) is 17.8. The first kappa shape index (κ1) is 15.3. The number of hydrogen-bond donors (Lipinski definition) is 1. The van der Waals surface area contributed by atoms with E-state index in [-0.39, 0.29) is 18.5 Å². The Morgan fingerprint density at radius 1 is 1.15 bits per heavy atom. The second-order valence-electron chi connectivity index (χ2n) is 6.77. The van der Waals surface area contributed by atoms with E-state index in [4.69, 9.17) is 9.47 Å². The predicted octanol–water partition coefficient (Wildman–Crippen LogP) is 3.54. The smallest absolute Gasteiger partial charge is 0.256 e. The van der Waals surface area contributed by atoms with Gasteiger partial charge in [0.2, 0.25) is 6.79 Å². The van der Waals surface area contributed by atoms with Crippen LogP contribution >= 0.6 is 0 Å². The highest BCUT2D eigenvalue weighted by atomic mass is 19.1. The number of ether oxygens (including phenoxy) is 2. The van der Waals surface area contributed by atoms with Gasteiger partial charge in [-0.2, -0.15) is 0 Å². The number of amides is 1. The second-order valence-corrected chi connectivity index (χ2v) is 6.77. The van der Waals surface area contributed by atoms with Crippen molar-refractivity contribution in [2.24, 2.45) is 0 Å². The Balaban J connectivity index is 1.51. The maximum absolute atomic E-state index is 13.7. The number of carbonyl (C=O) groups is 1. The minimum Gasteiger partial charge on any atom is -0.454 e. The number of hydrogen-bond acceptors (Lipinski definition) is 3. The summed E-state index contributed by atoms with van der Waals surface area (Å²) in [6.45, 7) is 3.21. The molecule has 132 valence electrons. The third kappa shape index (κ3) is 2.25. The molecule has 2 aromatic carbocycles. The van der Waals surface area contributed by atoms with Crippen LogP contribution in [0, 0.1) is 12.7 Å². The number of benzene rings is 2. The zero-order valence-corrected chi connectivity index (χ0v) is 14.3. The van der Waals surface area contributed by atoms with Crippen molar-refractivity contribution in [3.05, 3.63) is 58.5 Å². The quantitative estimate of drug-likeness (QED) is 0.729. The van der Waals surface area contributed by atoms with Gasteiger partial charge in [0.15, 0.2) is 11.5 Å². The molecule has 1 aromatic heterocycles. The van der Waals surface area contributed by atoms with Crippen LogP contribution in [0.2, 0.25) is 0 Å². The van der Waals surface area contributed by atoms with Gasteiger partial charge in [0.05, 0.1) is 5.56 Å². The summed E-state index contributed by atoms with van der Waals surface area (Å²) in [4.78, 5) is 18.2. The number of carbonyl (C=O) groups excluding carboxylic acids is 1. The lowest BCUT2D eigenvalue weighted by atomic mass is 9.98. The first-order valence-electron chi connectivity index (χ1n) is 8.58. The van der Waals surface area contributed by atoms with E-state index in [9.17, 15) is 9.18 Å². The summed E-state index contributed by atoms with van der Waals surface area (Å²) in [7, 11) is 0. The van der Waals surface area contributed by atoms with Crippen LogP contribution in [0.3, 0.4) is 0 Å². The highest BCUT2D eigenvalue weighted by Crippen LogP contribution is 2.37. The molecule has 0 radical (unpaired) electrons. The number of aromatic nitrogens is 1. The van der Waals surface area contributed by atoms with Crippen molar-refractivity contribution < 1.29 is 18.7 Å². The molecule has 2 aliphatic rings. The van der Waals surface area contributed by atoms with E-state index < -0.39 is 0 Å². The molecular formula is C20H17FN2O3. The van der Waals surface area contributed by atoms with Crippen LogP contribution < -0.4 is 9.47 Å². The normalized spacial score (nSPS) is 15.4. The molecule has 0 fully saturated rings. The van der Waals surface area contributed by atoms with Gasteiger partial charge in [-0.1, -0.05) is 0 Å². The second kappa shape index (κ2) is 5.49. The van der Waals surface area contributed by atoms with Crippen molar-refractivity contribution in [1.29, 1.82) is 0 Å². The van der Waals surface area contributed by atoms with Crippen molar-refractivity contribution in [2.45, 2.75) is 19.9 Å². The number of fused-ring (bicyclic) bond motifs is 3. The standard InChI is InChI=1S/C20H17FN2O3/c1-11-19(15-8-14(21)2-3-16(15)22-11)20(24)23-5-4-12-6-17-18(26-10-25-17)7-13(12)9-23/h2-3,6-8,22H,4-5,9-10H2,1H3. The van der Waals surface area contributed by atoms with Crippen LogP contribution in [0.5, 0.6) is 11.5 Å². The molecule has 5 nitrogen and oxygen atoms in total. The number of nitrogens with zero attached hydrogens (tertiary/aromatic N) is 1. The molecule has 26 heavy (non-hydrogen) atoms. The van der Waals surface area contributed by atoms with Gasteiger partial charge in [0, 0.05) is 29.7 Å². The van der Waals surface area contributed by atoms with Crippen LogP contribution in [-0.4, -0.2) is 29.1 Å². The van der Waals surface area contributed by atoms with Crippen molar-refractivity contribution >= 4 is 16.8 Å². The topological polar surface area (TPSA) is 54.6 Å². The number of rotatable bonds is 1. The molecule has 3 heterocycles. The van der Waals surface area contributed by atoms with Gasteiger partial charge in [-0.15, -0.1) is 0 Å². The van der Waals surface area contributed by atoms with Gasteiger partial charge in [-0.25, -0.2) is 4.39 Å². The average molecular weight is 352 g/mol. The van der Waals surface area contributed by atoms with Crippen LogP contribution in [0.15, 0.2) is 30.3 Å². The van der Waals surface area contributed by atoms with Gasteiger partial charge >= 0.3 is 0 Å². The molecule has 0 saturated carbocycles. The van der Waals surface area contributed by atoms with Crippen LogP contribution in [0.1, 0.15) is 27.2 Å². The van der Waals surface area contributed by atoms with E-state index in [1.165, 1.54) is 17.7 Å². The number of aromatic amines is 1. The lowest BCUT2D eigenvalue weighted by Crippen LogP contribution is -2.36. The Morgan fingerprint density at radius 2 is 1.92 bits per heavy atom. The summed E-state index contributed by atoms with van der Waals surface area (Å²) in [5.41, 5.74) is 4.32. The van der Waals surface area contributed by atoms with Gasteiger partial charge in [0.25, 0.3) is 5.91 Å². The molecule has 0 aliphatic carbocycles. The van der Waals surface area contributed by atoms with Crippen molar-refractivity contribution in [2.75, 3.05) is 13.3 Å². The largest absolute Gasteiger partial charge is 0.454 e. The molecule has 0 bridgehead atoms. The lowest BCUT2D eigenvalue weighted by Gasteiger charge is -2.29. The van der Waals surface area contributed by atoms with Crippen LogP contribution in [-0.2, 0) is 13.0 Å². The zero-order valence-electron chi connectivity index (χ0n) is 14.3. The summed E-state index contributed by atoms with van der Waals surface area (Å²) in [6, 6.07) is 8.44.